The monoisotopic (exact) mass is 333 g/mol. The summed E-state index contributed by atoms with van der Waals surface area (Å²) < 4.78 is 4.95. The molecule has 1 aromatic carbocycles. The first-order valence-electron chi connectivity index (χ1n) is 8.53. The second kappa shape index (κ2) is 8.68. The lowest BCUT2D eigenvalue weighted by molar-refractivity contribution is -0.144. The van der Waals surface area contributed by atoms with Crippen molar-refractivity contribution in [2.45, 2.75) is 26.7 Å². The first-order valence-corrected chi connectivity index (χ1v) is 8.53. The molecule has 1 heterocycles. The fourth-order valence-corrected chi connectivity index (χ4v) is 2.65. The number of esters is 1. The number of nitrogens with one attached hydrogen (secondary N) is 1. The van der Waals surface area contributed by atoms with Crippen molar-refractivity contribution in [1.29, 1.82) is 0 Å². The number of urea groups is 1. The molecule has 1 saturated heterocycles. The predicted molar refractivity (Wildman–Crippen MR) is 94.2 cm³/mol. The molecule has 0 aliphatic carbocycles. The summed E-state index contributed by atoms with van der Waals surface area (Å²) in [6.45, 7) is 9.35. The molecule has 1 aliphatic heterocycles. The average Bonchev–Trinajstić information content (AvgIpc) is 2.56. The topological polar surface area (TPSA) is 61.9 Å². The van der Waals surface area contributed by atoms with Crippen LogP contribution in [0.15, 0.2) is 24.3 Å². The number of nitrogens with zero attached hydrogens (tertiary/aromatic N) is 2. The lowest BCUT2D eigenvalue weighted by Crippen LogP contribution is -2.51. The molecule has 0 aromatic heterocycles. The number of amides is 2. The Hall–Kier alpha value is -2.08. The van der Waals surface area contributed by atoms with Gasteiger partial charge in [0.05, 0.1) is 13.2 Å². The lowest BCUT2D eigenvalue weighted by Gasteiger charge is -2.34. The van der Waals surface area contributed by atoms with Crippen LogP contribution >= 0.6 is 0 Å². The van der Waals surface area contributed by atoms with Gasteiger partial charge in [0.2, 0.25) is 0 Å². The van der Waals surface area contributed by atoms with Crippen molar-refractivity contribution in [2.24, 2.45) is 0 Å². The molecule has 0 atom stereocenters. The Balaban J connectivity index is 1.79. The van der Waals surface area contributed by atoms with E-state index in [1.807, 2.05) is 29.2 Å². The third-order valence-electron chi connectivity index (χ3n) is 4.15. The molecule has 0 radical (unpaired) electrons. The first-order chi connectivity index (χ1) is 11.5. The second-order valence-electron chi connectivity index (χ2n) is 6.28. The highest BCUT2D eigenvalue weighted by molar-refractivity contribution is 5.89. The fraction of sp³-hybridized carbons (Fsp3) is 0.556. The summed E-state index contributed by atoms with van der Waals surface area (Å²) in [7, 11) is 0. The minimum atomic E-state index is -0.208. The highest BCUT2D eigenvalue weighted by atomic mass is 16.5. The van der Waals surface area contributed by atoms with Crippen molar-refractivity contribution in [3.05, 3.63) is 29.8 Å². The number of anilines is 1. The highest BCUT2D eigenvalue weighted by Gasteiger charge is 2.22. The van der Waals surface area contributed by atoms with E-state index in [4.69, 9.17) is 4.74 Å². The van der Waals surface area contributed by atoms with Gasteiger partial charge in [-0.15, -0.1) is 0 Å². The molecule has 0 unspecified atom stereocenters. The highest BCUT2D eigenvalue weighted by Crippen LogP contribution is 2.17. The summed E-state index contributed by atoms with van der Waals surface area (Å²) in [6, 6.07) is 7.85. The van der Waals surface area contributed by atoms with Gasteiger partial charge in [-0.05, 0) is 30.5 Å². The third-order valence-corrected chi connectivity index (χ3v) is 4.15. The molecule has 0 spiro atoms. The smallest absolute Gasteiger partial charge is 0.321 e. The summed E-state index contributed by atoms with van der Waals surface area (Å²) in [5, 5.41) is 2.93. The summed E-state index contributed by atoms with van der Waals surface area (Å²) >= 11 is 0. The standard InChI is InChI=1S/C18H27N3O3/c1-4-24-17(22)13-20-9-11-21(12-10-20)18(23)19-16-7-5-15(6-8-16)14(2)3/h5-8,14H,4,9-13H2,1-3H3,(H,19,23). The zero-order valence-corrected chi connectivity index (χ0v) is 14.7. The molecular formula is C18H27N3O3. The van der Waals surface area contributed by atoms with E-state index in [0.717, 1.165) is 5.69 Å². The number of carbonyl (C=O) groups excluding carboxylic acids is 2. The van der Waals surface area contributed by atoms with Crippen LogP contribution in [0.3, 0.4) is 0 Å². The summed E-state index contributed by atoms with van der Waals surface area (Å²) in [6.07, 6.45) is 0. The van der Waals surface area contributed by atoms with Gasteiger partial charge in [0, 0.05) is 31.9 Å². The van der Waals surface area contributed by atoms with Gasteiger partial charge in [0.25, 0.3) is 0 Å². The van der Waals surface area contributed by atoms with Gasteiger partial charge in [0.15, 0.2) is 0 Å². The Kier molecular flexibility index (Phi) is 6.61. The van der Waals surface area contributed by atoms with Crippen LogP contribution in [0, 0.1) is 0 Å². The molecule has 6 nitrogen and oxygen atoms in total. The van der Waals surface area contributed by atoms with Crippen LogP contribution in [-0.4, -0.2) is 61.1 Å². The number of benzene rings is 1. The van der Waals surface area contributed by atoms with Crippen LogP contribution in [0.2, 0.25) is 0 Å². The van der Waals surface area contributed by atoms with E-state index in [9.17, 15) is 9.59 Å². The van der Waals surface area contributed by atoms with Crippen LogP contribution in [0.5, 0.6) is 0 Å². The van der Waals surface area contributed by atoms with E-state index in [2.05, 4.69) is 19.2 Å². The molecule has 0 saturated carbocycles. The van der Waals surface area contributed by atoms with Crippen molar-refractivity contribution in [3.8, 4) is 0 Å². The fourth-order valence-electron chi connectivity index (χ4n) is 2.65. The summed E-state index contributed by atoms with van der Waals surface area (Å²) in [4.78, 5) is 27.6. The van der Waals surface area contributed by atoms with Gasteiger partial charge in [-0.1, -0.05) is 26.0 Å². The maximum Gasteiger partial charge on any atom is 0.321 e. The Morgan fingerprint density at radius 2 is 1.75 bits per heavy atom. The number of hydrogen-bond acceptors (Lipinski definition) is 4. The molecular weight excluding hydrogens is 306 g/mol. The minimum absolute atomic E-state index is 0.0944. The third kappa shape index (κ3) is 5.23. The zero-order valence-electron chi connectivity index (χ0n) is 14.7. The molecule has 2 amide bonds. The number of ether oxygens (including phenoxy) is 1. The molecule has 132 valence electrons. The van der Waals surface area contributed by atoms with Crippen molar-refractivity contribution in [3.63, 3.8) is 0 Å². The maximum atomic E-state index is 12.3. The Morgan fingerprint density at radius 1 is 1.12 bits per heavy atom. The average molecular weight is 333 g/mol. The van der Waals surface area contributed by atoms with Gasteiger partial charge < -0.3 is 15.0 Å². The van der Waals surface area contributed by atoms with E-state index in [0.29, 0.717) is 45.2 Å². The van der Waals surface area contributed by atoms with Gasteiger partial charge in [-0.25, -0.2) is 4.79 Å². The Morgan fingerprint density at radius 3 is 2.29 bits per heavy atom. The van der Waals surface area contributed by atoms with E-state index < -0.39 is 0 Å². The van der Waals surface area contributed by atoms with Gasteiger partial charge >= 0.3 is 12.0 Å². The quantitative estimate of drug-likeness (QED) is 0.841. The Bertz CT molecular complexity index is 549. The SMILES string of the molecule is CCOC(=O)CN1CCN(C(=O)Nc2ccc(C(C)C)cc2)CC1. The van der Waals surface area contributed by atoms with E-state index in [1.54, 1.807) is 11.8 Å². The molecule has 24 heavy (non-hydrogen) atoms. The predicted octanol–water partition coefficient (Wildman–Crippen LogP) is 2.52. The second-order valence-corrected chi connectivity index (χ2v) is 6.28. The van der Waals surface area contributed by atoms with Gasteiger partial charge in [-0.3, -0.25) is 9.69 Å². The molecule has 2 rings (SSSR count). The number of piperazine rings is 1. The number of hydrogen-bond donors (Lipinski definition) is 1. The molecule has 6 heteroatoms. The van der Waals surface area contributed by atoms with Crippen molar-refractivity contribution >= 4 is 17.7 Å². The van der Waals surface area contributed by atoms with Gasteiger partial charge in [-0.2, -0.15) is 0 Å². The van der Waals surface area contributed by atoms with Crippen LogP contribution in [-0.2, 0) is 9.53 Å². The van der Waals surface area contributed by atoms with Crippen LogP contribution < -0.4 is 5.32 Å². The van der Waals surface area contributed by atoms with Crippen LogP contribution in [0.4, 0.5) is 10.5 Å². The first kappa shape index (κ1) is 18.3. The molecule has 1 N–H and O–H groups in total. The molecule has 1 aromatic rings. The Labute approximate surface area is 143 Å². The number of carbonyl (C=O) groups is 2. The minimum Gasteiger partial charge on any atom is -0.465 e. The molecule has 0 bridgehead atoms. The van der Waals surface area contributed by atoms with Crippen LogP contribution in [0.1, 0.15) is 32.3 Å². The van der Waals surface area contributed by atoms with Crippen molar-refractivity contribution in [1.82, 2.24) is 9.80 Å². The van der Waals surface area contributed by atoms with E-state index in [1.165, 1.54) is 5.56 Å². The van der Waals surface area contributed by atoms with Crippen molar-refractivity contribution in [2.75, 3.05) is 44.6 Å². The number of rotatable bonds is 5. The van der Waals surface area contributed by atoms with E-state index >= 15 is 0 Å². The van der Waals surface area contributed by atoms with E-state index in [-0.39, 0.29) is 12.0 Å². The molecule has 1 aliphatic rings. The summed E-state index contributed by atoms with van der Waals surface area (Å²) in [5.41, 5.74) is 2.05. The normalized spacial score (nSPS) is 15.4. The molecule has 1 fully saturated rings. The lowest BCUT2D eigenvalue weighted by atomic mass is 10.0. The maximum absolute atomic E-state index is 12.3. The zero-order chi connectivity index (χ0) is 17.5. The van der Waals surface area contributed by atoms with Crippen molar-refractivity contribution < 1.29 is 14.3 Å². The van der Waals surface area contributed by atoms with Gasteiger partial charge in [0.1, 0.15) is 0 Å². The van der Waals surface area contributed by atoms with Crippen LogP contribution in [0.25, 0.3) is 0 Å². The largest absolute Gasteiger partial charge is 0.465 e. The summed E-state index contributed by atoms with van der Waals surface area (Å²) in [5.74, 6) is 0.267.